The summed E-state index contributed by atoms with van der Waals surface area (Å²) in [5.41, 5.74) is 7.30. The van der Waals surface area contributed by atoms with Crippen molar-refractivity contribution in [2.45, 2.75) is 80.6 Å². The van der Waals surface area contributed by atoms with E-state index in [9.17, 15) is 9.18 Å². The smallest absolute Gasteiger partial charge is 0.258 e. The fraction of sp³-hybridized carbons (Fsp3) is 0.364. The summed E-state index contributed by atoms with van der Waals surface area (Å²) < 4.78 is 19.4. The topological polar surface area (TPSA) is 56.0 Å². The Hall–Kier alpha value is -3.60. The lowest BCUT2D eigenvalue weighted by atomic mass is 9.92. The minimum atomic E-state index is -0.207. The molecule has 0 radical (unpaired) electrons. The molecule has 0 spiro atoms. The molecule has 0 aliphatic carbocycles. The molecule has 1 heterocycles. The Morgan fingerprint density at radius 1 is 0.868 bits per heavy atom. The molecule has 0 fully saturated rings. The first kappa shape index (κ1) is 30.6. The normalized spacial score (nSPS) is 10.2. The van der Waals surface area contributed by atoms with Crippen molar-refractivity contribution in [2.75, 3.05) is 0 Å². The van der Waals surface area contributed by atoms with E-state index in [-0.39, 0.29) is 11.6 Å². The van der Waals surface area contributed by atoms with Crippen LogP contribution in [0.1, 0.15) is 77.5 Å². The maximum atomic E-state index is 13.8. The lowest BCUT2D eigenvalue weighted by molar-refractivity contribution is -0.117. The van der Waals surface area contributed by atoms with Crippen LogP contribution in [0.4, 0.5) is 4.39 Å². The van der Waals surface area contributed by atoms with Crippen LogP contribution < -0.4 is 0 Å². The highest BCUT2D eigenvalue weighted by Crippen LogP contribution is 2.32. The Morgan fingerprint density at radius 2 is 1.55 bits per heavy atom. The first-order chi connectivity index (χ1) is 18.4. The number of hydrogen-bond acceptors (Lipinski definition) is 4. The van der Waals surface area contributed by atoms with Crippen LogP contribution in [-0.2, 0) is 17.6 Å². The molecule has 0 bridgehead atoms. The lowest BCUT2D eigenvalue weighted by Crippen LogP contribution is -1.93. The number of hydrogen-bond donors (Lipinski definition) is 0. The van der Waals surface area contributed by atoms with Crippen molar-refractivity contribution < 1.29 is 13.7 Å². The van der Waals surface area contributed by atoms with Gasteiger partial charge in [0.15, 0.2) is 0 Å². The van der Waals surface area contributed by atoms with Crippen LogP contribution in [0, 0.1) is 12.7 Å². The van der Waals surface area contributed by atoms with Crippen LogP contribution in [-0.4, -0.2) is 15.9 Å². The molecule has 4 rings (SSSR count). The number of rotatable bonds is 8. The van der Waals surface area contributed by atoms with E-state index in [1.54, 1.807) is 19.1 Å². The average Bonchev–Trinajstić information content (AvgIpc) is 3.41. The van der Waals surface area contributed by atoms with E-state index in [1.165, 1.54) is 28.3 Å². The Morgan fingerprint density at radius 3 is 2.16 bits per heavy atom. The zero-order valence-corrected chi connectivity index (χ0v) is 23.9. The quantitative estimate of drug-likeness (QED) is 0.234. The minimum Gasteiger partial charge on any atom is -0.334 e. The first-order valence-corrected chi connectivity index (χ1v) is 13.7. The van der Waals surface area contributed by atoms with E-state index in [0.717, 1.165) is 36.8 Å². The van der Waals surface area contributed by atoms with Gasteiger partial charge in [0, 0.05) is 17.5 Å². The highest BCUT2D eigenvalue weighted by molar-refractivity contribution is 5.75. The lowest BCUT2D eigenvalue weighted by Gasteiger charge is -2.12. The van der Waals surface area contributed by atoms with E-state index in [2.05, 4.69) is 60.4 Å². The Kier molecular flexibility index (Phi) is 12.6. The zero-order chi connectivity index (χ0) is 28.1. The molecule has 202 valence electrons. The van der Waals surface area contributed by atoms with Crippen LogP contribution in [0.2, 0.25) is 0 Å². The van der Waals surface area contributed by atoms with Crippen molar-refractivity contribution in [3.8, 4) is 34.0 Å². The van der Waals surface area contributed by atoms with Crippen LogP contribution in [0.3, 0.4) is 0 Å². The van der Waals surface area contributed by atoms with E-state index in [4.69, 9.17) is 4.52 Å². The van der Waals surface area contributed by atoms with Gasteiger partial charge in [-0.25, -0.2) is 4.39 Å². The van der Waals surface area contributed by atoms with Crippen molar-refractivity contribution in [2.24, 2.45) is 0 Å². The van der Waals surface area contributed by atoms with Gasteiger partial charge in [-0.05, 0) is 91.3 Å². The van der Waals surface area contributed by atoms with E-state index in [1.807, 2.05) is 33.8 Å². The number of Topliss-reactive ketones (excluding diaryl/α,β-unsaturated/α-hetero) is 1. The highest BCUT2D eigenvalue weighted by Gasteiger charge is 2.15. The van der Waals surface area contributed by atoms with Gasteiger partial charge in [0.05, 0.1) is 0 Å². The summed E-state index contributed by atoms with van der Waals surface area (Å²) in [5, 5.41) is 4.13. The highest BCUT2D eigenvalue weighted by atomic mass is 19.1. The summed E-state index contributed by atoms with van der Waals surface area (Å²) in [7, 11) is 0. The molecule has 0 saturated heterocycles. The van der Waals surface area contributed by atoms with Gasteiger partial charge in [-0.15, -0.1) is 0 Å². The molecule has 38 heavy (non-hydrogen) atoms. The number of aryl methyl sites for hydroxylation is 3. The molecule has 0 amide bonds. The molecular weight excluding hydrogens is 475 g/mol. The minimum absolute atomic E-state index is 0.207. The third kappa shape index (κ3) is 8.20. The molecule has 0 aliphatic rings. The SMILES string of the molecule is CC.CCCC(C)=O.CCCc1cc(-c2nc(-c3ccc(F)c(CC)c3)no2)ccc1-c1ccccc1C. The number of halogens is 1. The Bertz CT molecular complexity index is 1310. The van der Waals surface area contributed by atoms with E-state index >= 15 is 0 Å². The summed E-state index contributed by atoms with van der Waals surface area (Å²) in [6, 6.07) is 19.7. The fourth-order valence-corrected chi connectivity index (χ4v) is 4.14. The molecule has 4 nitrogen and oxygen atoms in total. The number of ketones is 1. The summed E-state index contributed by atoms with van der Waals surface area (Å²) >= 11 is 0. The maximum absolute atomic E-state index is 13.8. The van der Waals surface area contributed by atoms with Crippen molar-refractivity contribution in [3.05, 3.63) is 83.2 Å². The Balaban J connectivity index is 0.000000560. The van der Waals surface area contributed by atoms with Gasteiger partial charge in [0.25, 0.3) is 5.89 Å². The molecule has 0 unspecified atom stereocenters. The van der Waals surface area contributed by atoms with Gasteiger partial charge in [-0.2, -0.15) is 4.98 Å². The van der Waals surface area contributed by atoms with Gasteiger partial charge in [0.1, 0.15) is 11.6 Å². The molecule has 0 atom stereocenters. The monoisotopic (exact) mass is 516 g/mol. The van der Waals surface area contributed by atoms with E-state index in [0.29, 0.717) is 23.7 Å². The second-order valence-electron chi connectivity index (χ2n) is 8.97. The van der Waals surface area contributed by atoms with Crippen molar-refractivity contribution in [3.63, 3.8) is 0 Å². The largest absolute Gasteiger partial charge is 0.334 e. The second kappa shape index (κ2) is 15.6. The molecular formula is C33H41FN2O2. The molecule has 3 aromatic carbocycles. The molecule has 0 saturated carbocycles. The van der Waals surface area contributed by atoms with Gasteiger partial charge in [-0.1, -0.05) is 76.5 Å². The van der Waals surface area contributed by atoms with Crippen LogP contribution >= 0.6 is 0 Å². The van der Waals surface area contributed by atoms with Gasteiger partial charge in [0.2, 0.25) is 5.82 Å². The van der Waals surface area contributed by atoms with Gasteiger partial charge in [-0.3, -0.25) is 0 Å². The predicted octanol–water partition coefficient (Wildman–Crippen LogP) is 9.43. The van der Waals surface area contributed by atoms with Crippen molar-refractivity contribution >= 4 is 5.78 Å². The van der Waals surface area contributed by atoms with Gasteiger partial charge >= 0.3 is 0 Å². The summed E-state index contributed by atoms with van der Waals surface area (Å²) in [6.07, 6.45) is 4.35. The molecule has 0 N–H and O–H groups in total. The third-order valence-corrected chi connectivity index (χ3v) is 6.02. The van der Waals surface area contributed by atoms with Gasteiger partial charge < -0.3 is 9.32 Å². The molecule has 0 aliphatic heterocycles. The summed E-state index contributed by atoms with van der Waals surface area (Å²) in [6.45, 7) is 13.9. The maximum Gasteiger partial charge on any atom is 0.258 e. The number of aromatic nitrogens is 2. The van der Waals surface area contributed by atoms with Crippen molar-refractivity contribution in [1.82, 2.24) is 10.1 Å². The second-order valence-corrected chi connectivity index (χ2v) is 8.97. The van der Waals surface area contributed by atoms with Crippen molar-refractivity contribution in [1.29, 1.82) is 0 Å². The third-order valence-electron chi connectivity index (χ3n) is 6.02. The molecule has 5 heteroatoms. The first-order valence-electron chi connectivity index (χ1n) is 13.7. The fourth-order valence-electron chi connectivity index (χ4n) is 4.14. The Labute approximate surface area is 227 Å². The zero-order valence-electron chi connectivity index (χ0n) is 23.9. The number of benzene rings is 3. The number of nitrogens with zero attached hydrogens (tertiary/aromatic N) is 2. The van der Waals surface area contributed by atoms with E-state index < -0.39 is 0 Å². The van der Waals surface area contributed by atoms with Crippen LogP contribution in [0.15, 0.2) is 65.2 Å². The molecule has 4 aromatic rings. The molecule has 1 aromatic heterocycles. The summed E-state index contributed by atoms with van der Waals surface area (Å²) in [5.74, 6) is 1.03. The average molecular weight is 517 g/mol. The number of carbonyl (C=O) groups is 1. The summed E-state index contributed by atoms with van der Waals surface area (Å²) in [4.78, 5) is 14.6. The standard InChI is InChI=1S/C26H25FN2O.C5H10O.C2H6/c1-4-8-19-16-21(11-13-23(19)22-10-7-6-9-17(22)3)26-28-25(29-30-26)20-12-14-24(27)18(5-2)15-20;1-3-4-5(2)6;1-2/h6-7,9-16H,4-5,8H2,1-3H3;3-4H2,1-2H3;1-2H3. The number of carbonyl (C=O) groups excluding carboxylic acids is 1. The van der Waals surface area contributed by atoms with Crippen LogP contribution in [0.5, 0.6) is 0 Å². The predicted molar refractivity (Wildman–Crippen MR) is 156 cm³/mol. The van der Waals surface area contributed by atoms with Crippen LogP contribution in [0.25, 0.3) is 34.0 Å².